The number of alkyl halides is 3. The molecule has 0 spiro atoms. The molecule has 0 saturated carbocycles. The van der Waals surface area contributed by atoms with Crippen molar-refractivity contribution in [2.75, 3.05) is 14.1 Å². The summed E-state index contributed by atoms with van der Waals surface area (Å²) < 4.78 is 41.6. The van der Waals surface area contributed by atoms with Gasteiger partial charge in [-0.25, -0.2) is 9.59 Å². The fourth-order valence-electron chi connectivity index (χ4n) is 4.50. The Bertz CT molecular complexity index is 1110. The molecule has 0 saturated heterocycles. The van der Waals surface area contributed by atoms with Gasteiger partial charge in [-0.3, -0.25) is 9.59 Å². The number of carbonyl (C=O) groups excluding carboxylic acids is 4. The van der Waals surface area contributed by atoms with E-state index in [2.05, 4.69) is 15.4 Å². The van der Waals surface area contributed by atoms with Crippen LogP contribution in [0.4, 0.5) is 13.2 Å². The molecule has 3 atom stereocenters. The highest BCUT2D eigenvalue weighted by Gasteiger charge is 2.43. The van der Waals surface area contributed by atoms with E-state index >= 15 is 0 Å². The van der Waals surface area contributed by atoms with E-state index in [0.29, 0.717) is 6.42 Å². The standard InChI is InChI=1S/C30H44F3N3O5/c1-18(2)16-21(17-19(3)26(39)41-27(40)30(31,32)33)36(10)25(38)23(28(4,5)6)35-24(37)22(34-9)29(7,8)20-14-12-11-13-15-20/h11-15,17-18,21-23,34H,16H2,1-10H3,(H,35,37). The second-order valence-corrected chi connectivity index (χ2v) is 12.3. The van der Waals surface area contributed by atoms with E-state index in [4.69, 9.17) is 0 Å². The maximum Gasteiger partial charge on any atom is 0.491 e. The van der Waals surface area contributed by atoms with Crippen LogP contribution in [0.1, 0.15) is 67.4 Å². The summed E-state index contributed by atoms with van der Waals surface area (Å²) >= 11 is 0. The number of likely N-dealkylation sites (N-methyl/N-ethyl adjacent to an activating group) is 2. The molecule has 1 aromatic rings. The molecule has 0 radical (unpaired) electrons. The zero-order valence-electron chi connectivity index (χ0n) is 25.6. The number of hydrogen-bond acceptors (Lipinski definition) is 6. The van der Waals surface area contributed by atoms with Gasteiger partial charge in [0.25, 0.3) is 0 Å². The van der Waals surface area contributed by atoms with Crippen molar-refractivity contribution in [2.45, 2.75) is 91.5 Å². The normalized spacial score (nSPS) is 15.1. The lowest BCUT2D eigenvalue weighted by Crippen LogP contribution is -2.61. The minimum Gasteiger partial charge on any atom is -0.383 e. The molecule has 41 heavy (non-hydrogen) atoms. The van der Waals surface area contributed by atoms with E-state index in [1.807, 2.05) is 58.0 Å². The van der Waals surface area contributed by atoms with Crippen molar-refractivity contribution in [2.24, 2.45) is 11.3 Å². The van der Waals surface area contributed by atoms with Crippen LogP contribution in [0.3, 0.4) is 0 Å². The molecule has 0 aliphatic rings. The second-order valence-electron chi connectivity index (χ2n) is 12.3. The molecule has 11 heteroatoms. The molecule has 230 valence electrons. The Balaban J connectivity index is 3.32. The first-order chi connectivity index (χ1) is 18.6. The Labute approximate surface area is 241 Å². The van der Waals surface area contributed by atoms with Crippen LogP contribution in [0, 0.1) is 11.3 Å². The van der Waals surface area contributed by atoms with Gasteiger partial charge in [-0.15, -0.1) is 0 Å². The summed E-state index contributed by atoms with van der Waals surface area (Å²) in [5, 5.41) is 5.99. The summed E-state index contributed by atoms with van der Waals surface area (Å²) in [7, 11) is 3.17. The van der Waals surface area contributed by atoms with E-state index in [0.717, 1.165) is 5.56 Å². The monoisotopic (exact) mass is 583 g/mol. The Morgan fingerprint density at radius 1 is 0.976 bits per heavy atom. The molecule has 0 heterocycles. The average Bonchev–Trinajstić information content (AvgIpc) is 2.85. The molecule has 1 rings (SSSR count). The fourth-order valence-corrected chi connectivity index (χ4v) is 4.50. The molecule has 0 aliphatic carbocycles. The minimum absolute atomic E-state index is 0.0233. The van der Waals surface area contributed by atoms with Gasteiger partial charge in [0.2, 0.25) is 11.8 Å². The van der Waals surface area contributed by atoms with Crippen molar-refractivity contribution in [1.82, 2.24) is 15.5 Å². The molecule has 0 aromatic heterocycles. The van der Waals surface area contributed by atoms with E-state index in [9.17, 15) is 32.3 Å². The van der Waals surface area contributed by atoms with Crippen LogP contribution in [-0.2, 0) is 29.3 Å². The number of halogens is 3. The third-order valence-electron chi connectivity index (χ3n) is 6.93. The van der Waals surface area contributed by atoms with E-state index < -0.39 is 53.0 Å². The maximum absolute atomic E-state index is 13.9. The average molecular weight is 584 g/mol. The van der Waals surface area contributed by atoms with Crippen molar-refractivity contribution in [3.8, 4) is 0 Å². The summed E-state index contributed by atoms with van der Waals surface area (Å²) in [6.45, 7) is 14.2. The van der Waals surface area contributed by atoms with Crippen LogP contribution in [0.25, 0.3) is 0 Å². The fraction of sp³-hybridized carbons (Fsp3) is 0.600. The summed E-state index contributed by atoms with van der Waals surface area (Å²) in [4.78, 5) is 52.2. The lowest BCUT2D eigenvalue weighted by Gasteiger charge is -2.39. The zero-order valence-corrected chi connectivity index (χ0v) is 25.6. The van der Waals surface area contributed by atoms with Crippen LogP contribution in [-0.4, -0.2) is 67.1 Å². The highest BCUT2D eigenvalue weighted by Crippen LogP contribution is 2.29. The molecule has 8 nitrogen and oxygen atoms in total. The van der Waals surface area contributed by atoms with E-state index in [-0.39, 0.29) is 17.4 Å². The number of benzene rings is 1. The third-order valence-corrected chi connectivity index (χ3v) is 6.93. The molecule has 2 N–H and O–H groups in total. The molecule has 2 amide bonds. The van der Waals surface area contributed by atoms with Crippen LogP contribution in [0.5, 0.6) is 0 Å². The number of carbonyl (C=O) groups is 4. The summed E-state index contributed by atoms with van der Waals surface area (Å²) in [5.74, 6) is -4.89. The van der Waals surface area contributed by atoms with Crippen molar-refractivity contribution in [1.29, 1.82) is 0 Å². The van der Waals surface area contributed by atoms with Gasteiger partial charge in [-0.05, 0) is 37.3 Å². The molecular formula is C30H44F3N3O5. The van der Waals surface area contributed by atoms with Gasteiger partial charge >= 0.3 is 18.1 Å². The Hall–Kier alpha value is -3.21. The predicted molar refractivity (Wildman–Crippen MR) is 151 cm³/mol. The maximum atomic E-state index is 13.9. The van der Waals surface area contributed by atoms with Gasteiger partial charge in [0.1, 0.15) is 6.04 Å². The summed E-state index contributed by atoms with van der Waals surface area (Å²) in [6, 6.07) is 7.10. The second kappa shape index (κ2) is 14.1. The van der Waals surface area contributed by atoms with Crippen LogP contribution < -0.4 is 10.6 Å². The highest BCUT2D eigenvalue weighted by atomic mass is 19.4. The molecule has 1 aromatic carbocycles. The highest BCUT2D eigenvalue weighted by molar-refractivity contribution is 5.97. The Kier molecular flexibility index (Phi) is 12.3. The topological polar surface area (TPSA) is 105 Å². The van der Waals surface area contributed by atoms with Crippen molar-refractivity contribution < 1.29 is 37.1 Å². The lowest BCUT2D eigenvalue weighted by atomic mass is 9.76. The number of esters is 2. The van der Waals surface area contributed by atoms with Crippen LogP contribution in [0.2, 0.25) is 0 Å². The van der Waals surface area contributed by atoms with Crippen LogP contribution in [0.15, 0.2) is 42.0 Å². The van der Waals surface area contributed by atoms with E-state index in [1.54, 1.807) is 27.8 Å². The number of hydrogen-bond donors (Lipinski definition) is 2. The Morgan fingerprint density at radius 2 is 1.51 bits per heavy atom. The van der Waals surface area contributed by atoms with Gasteiger partial charge in [0.15, 0.2) is 0 Å². The number of ether oxygens (including phenoxy) is 1. The Morgan fingerprint density at radius 3 is 1.95 bits per heavy atom. The SMILES string of the molecule is CNC(C(=O)NC(C(=O)N(C)C(C=C(C)C(=O)OC(=O)C(F)(F)F)CC(C)C)C(C)(C)C)C(C)(C)c1ccccc1. The first-order valence-electron chi connectivity index (χ1n) is 13.5. The predicted octanol–water partition coefficient (Wildman–Crippen LogP) is 4.53. The summed E-state index contributed by atoms with van der Waals surface area (Å²) in [6.07, 6.45) is -3.66. The van der Waals surface area contributed by atoms with Gasteiger partial charge in [0, 0.05) is 18.0 Å². The zero-order chi connectivity index (χ0) is 31.9. The number of rotatable bonds is 11. The van der Waals surface area contributed by atoms with Crippen molar-refractivity contribution >= 4 is 23.8 Å². The van der Waals surface area contributed by atoms with Gasteiger partial charge in [-0.2, -0.15) is 13.2 Å². The first-order valence-corrected chi connectivity index (χ1v) is 13.5. The number of nitrogens with one attached hydrogen (secondary N) is 2. The molecular weight excluding hydrogens is 539 g/mol. The van der Waals surface area contributed by atoms with Gasteiger partial charge < -0.3 is 20.3 Å². The van der Waals surface area contributed by atoms with E-state index in [1.165, 1.54) is 24.9 Å². The first kappa shape index (κ1) is 35.8. The van der Waals surface area contributed by atoms with Crippen molar-refractivity contribution in [3.05, 3.63) is 47.5 Å². The smallest absolute Gasteiger partial charge is 0.383 e. The molecule has 0 bridgehead atoms. The van der Waals surface area contributed by atoms with Crippen LogP contribution >= 0.6 is 0 Å². The number of nitrogens with zero attached hydrogens (tertiary/aromatic N) is 1. The van der Waals surface area contributed by atoms with Gasteiger partial charge in [-0.1, -0.05) is 84.9 Å². The molecule has 0 fully saturated rings. The number of amides is 2. The summed E-state index contributed by atoms with van der Waals surface area (Å²) in [5.41, 5.74) is -0.691. The largest absolute Gasteiger partial charge is 0.491 e. The minimum atomic E-state index is -5.32. The molecule has 3 unspecified atom stereocenters. The third kappa shape index (κ3) is 9.98. The van der Waals surface area contributed by atoms with Crippen molar-refractivity contribution in [3.63, 3.8) is 0 Å². The molecule has 0 aliphatic heterocycles. The quantitative estimate of drug-likeness (QED) is 0.225. The lowest BCUT2D eigenvalue weighted by molar-refractivity contribution is -0.200. The van der Waals surface area contributed by atoms with Gasteiger partial charge in [0.05, 0.1) is 12.1 Å².